The highest BCUT2D eigenvalue weighted by atomic mass is 35.5. The number of likely N-dealkylation sites (tertiary alicyclic amines) is 1. The topological polar surface area (TPSA) is 46.9 Å². The van der Waals surface area contributed by atoms with Crippen LogP contribution in [0, 0.1) is 0 Å². The number of hydrogen-bond acceptors (Lipinski definition) is 4. The minimum atomic E-state index is -0.995. The molecule has 6 heteroatoms. The molecule has 2 aromatic rings. The standard InChI is InChI=1S/C26H36N2O2.2ClH/c1-20-24(27(2)3)26(30,22-13-10-14-23(29)19-22)17-18-28(20)25(15-8-5-9-16-25)21-11-6-4-7-12-21;;/h4,6-7,10-14,19-20,24,29-30H,5,8-9,15-18H2,1-3H3;2*1H. The molecule has 1 saturated heterocycles. The van der Waals surface area contributed by atoms with Gasteiger partial charge in [-0.3, -0.25) is 4.90 Å². The molecule has 3 atom stereocenters. The molecule has 2 N–H and O–H groups in total. The predicted molar refractivity (Wildman–Crippen MR) is 136 cm³/mol. The van der Waals surface area contributed by atoms with Gasteiger partial charge in [-0.25, -0.2) is 0 Å². The lowest BCUT2D eigenvalue weighted by molar-refractivity contribution is -0.143. The van der Waals surface area contributed by atoms with Gasteiger partial charge in [-0.05, 0) is 63.5 Å². The number of aromatic hydroxyl groups is 1. The summed E-state index contributed by atoms with van der Waals surface area (Å²) < 4.78 is 0. The lowest BCUT2D eigenvalue weighted by Crippen LogP contribution is -2.67. The van der Waals surface area contributed by atoms with E-state index in [9.17, 15) is 10.2 Å². The Morgan fingerprint density at radius 2 is 1.50 bits per heavy atom. The molecule has 4 rings (SSSR count). The van der Waals surface area contributed by atoms with Gasteiger partial charge in [0, 0.05) is 18.1 Å². The fourth-order valence-electron chi connectivity index (χ4n) is 6.39. The SMILES string of the molecule is CC1C(N(C)C)C(O)(c2cccc(O)c2)CCN1C1(c2ccccc2)CCCCC1.Cl.Cl. The molecule has 0 amide bonds. The van der Waals surface area contributed by atoms with Crippen LogP contribution in [-0.2, 0) is 11.1 Å². The van der Waals surface area contributed by atoms with E-state index in [1.54, 1.807) is 12.1 Å². The molecular formula is C26H38Cl2N2O2. The Morgan fingerprint density at radius 1 is 0.875 bits per heavy atom. The van der Waals surface area contributed by atoms with Crippen molar-refractivity contribution in [1.82, 2.24) is 9.80 Å². The van der Waals surface area contributed by atoms with Crippen molar-refractivity contribution >= 4 is 24.8 Å². The Bertz CT molecular complexity index is 858. The molecule has 1 saturated carbocycles. The van der Waals surface area contributed by atoms with E-state index in [1.165, 1.54) is 37.7 Å². The summed E-state index contributed by atoms with van der Waals surface area (Å²) >= 11 is 0. The number of likely N-dealkylation sites (N-methyl/N-ethyl adjacent to an activating group) is 1. The highest BCUT2D eigenvalue weighted by molar-refractivity contribution is 5.85. The summed E-state index contributed by atoms with van der Waals surface area (Å²) in [4.78, 5) is 4.85. The number of rotatable bonds is 4. The molecule has 4 nitrogen and oxygen atoms in total. The Labute approximate surface area is 205 Å². The maximum Gasteiger partial charge on any atom is 0.115 e. The van der Waals surface area contributed by atoms with Crippen LogP contribution >= 0.6 is 24.8 Å². The maximum atomic E-state index is 12.0. The van der Waals surface area contributed by atoms with Gasteiger partial charge in [0.15, 0.2) is 0 Å². The normalized spacial score (nSPS) is 27.9. The number of nitrogens with zero attached hydrogens (tertiary/aromatic N) is 2. The van der Waals surface area contributed by atoms with Gasteiger partial charge in [0.2, 0.25) is 0 Å². The van der Waals surface area contributed by atoms with E-state index in [0.29, 0.717) is 6.42 Å². The first kappa shape index (κ1) is 26.9. The third kappa shape index (κ3) is 4.67. The van der Waals surface area contributed by atoms with E-state index in [2.05, 4.69) is 61.2 Å². The van der Waals surface area contributed by atoms with Crippen molar-refractivity contribution in [2.75, 3.05) is 20.6 Å². The number of aliphatic hydroxyl groups is 1. The Balaban J connectivity index is 0.00000181. The molecule has 1 aliphatic heterocycles. The first-order chi connectivity index (χ1) is 14.4. The quantitative estimate of drug-likeness (QED) is 0.622. The van der Waals surface area contributed by atoms with Crippen molar-refractivity contribution in [3.8, 4) is 5.75 Å². The fraction of sp³-hybridized carbons (Fsp3) is 0.538. The van der Waals surface area contributed by atoms with Crippen LogP contribution in [0.1, 0.15) is 56.6 Å². The molecule has 0 aromatic heterocycles. The summed E-state index contributed by atoms with van der Waals surface area (Å²) in [6, 6.07) is 18.3. The third-order valence-electron chi connectivity index (χ3n) is 7.62. The maximum absolute atomic E-state index is 12.0. The average Bonchev–Trinajstić information content (AvgIpc) is 2.75. The van der Waals surface area contributed by atoms with E-state index in [1.807, 2.05) is 12.1 Å². The Morgan fingerprint density at radius 3 is 2.09 bits per heavy atom. The molecule has 3 unspecified atom stereocenters. The smallest absolute Gasteiger partial charge is 0.115 e. The van der Waals surface area contributed by atoms with Crippen molar-refractivity contribution in [2.24, 2.45) is 0 Å². The highest BCUT2D eigenvalue weighted by Crippen LogP contribution is 2.49. The largest absolute Gasteiger partial charge is 0.508 e. The lowest BCUT2D eigenvalue weighted by atomic mass is 9.69. The van der Waals surface area contributed by atoms with Gasteiger partial charge in [0.05, 0.1) is 6.04 Å². The average molecular weight is 482 g/mol. The summed E-state index contributed by atoms with van der Waals surface area (Å²) in [5.74, 6) is 0.210. The van der Waals surface area contributed by atoms with Crippen LogP contribution < -0.4 is 0 Å². The number of phenols is 1. The molecular weight excluding hydrogens is 443 g/mol. The van der Waals surface area contributed by atoms with Gasteiger partial charge in [-0.15, -0.1) is 24.8 Å². The van der Waals surface area contributed by atoms with E-state index >= 15 is 0 Å². The molecule has 0 radical (unpaired) electrons. The summed E-state index contributed by atoms with van der Waals surface area (Å²) in [6.07, 6.45) is 6.81. The second kappa shape index (κ2) is 10.8. The van der Waals surface area contributed by atoms with Gasteiger partial charge in [-0.1, -0.05) is 61.7 Å². The minimum Gasteiger partial charge on any atom is -0.508 e. The van der Waals surface area contributed by atoms with E-state index in [0.717, 1.165) is 12.1 Å². The number of phenolic OH excluding ortho intramolecular Hbond substituents is 1. The zero-order valence-corrected chi connectivity index (χ0v) is 21.0. The molecule has 2 aromatic carbocycles. The fourth-order valence-corrected chi connectivity index (χ4v) is 6.39. The van der Waals surface area contributed by atoms with Crippen LogP contribution in [-0.4, -0.2) is 52.7 Å². The summed E-state index contributed by atoms with van der Waals surface area (Å²) in [7, 11) is 4.13. The number of piperidine rings is 1. The van der Waals surface area contributed by atoms with E-state index in [-0.39, 0.29) is 48.2 Å². The molecule has 32 heavy (non-hydrogen) atoms. The van der Waals surface area contributed by atoms with Gasteiger partial charge in [0.25, 0.3) is 0 Å². The zero-order chi connectivity index (χ0) is 21.4. The van der Waals surface area contributed by atoms with Crippen LogP contribution in [0.3, 0.4) is 0 Å². The molecule has 0 bridgehead atoms. The second-order valence-electron chi connectivity index (χ2n) is 9.53. The van der Waals surface area contributed by atoms with Crippen LogP contribution in [0.5, 0.6) is 5.75 Å². The first-order valence-corrected chi connectivity index (χ1v) is 11.4. The Kier molecular flexibility index (Phi) is 9.05. The number of halogens is 2. The summed E-state index contributed by atoms with van der Waals surface area (Å²) in [5.41, 5.74) is 1.26. The van der Waals surface area contributed by atoms with Crippen LogP contribution in [0.25, 0.3) is 0 Å². The van der Waals surface area contributed by atoms with Gasteiger partial charge in [-0.2, -0.15) is 0 Å². The van der Waals surface area contributed by atoms with Gasteiger partial charge < -0.3 is 15.1 Å². The van der Waals surface area contributed by atoms with Gasteiger partial charge in [0.1, 0.15) is 11.4 Å². The minimum absolute atomic E-state index is 0. The van der Waals surface area contributed by atoms with Crippen molar-refractivity contribution in [3.63, 3.8) is 0 Å². The van der Waals surface area contributed by atoms with Crippen molar-refractivity contribution in [1.29, 1.82) is 0 Å². The van der Waals surface area contributed by atoms with E-state index < -0.39 is 5.60 Å². The second-order valence-corrected chi connectivity index (χ2v) is 9.53. The molecule has 2 fully saturated rings. The van der Waals surface area contributed by atoms with Crippen LogP contribution in [0.4, 0.5) is 0 Å². The molecule has 2 aliphatic rings. The van der Waals surface area contributed by atoms with Crippen molar-refractivity contribution < 1.29 is 10.2 Å². The van der Waals surface area contributed by atoms with Crippen LogP contribution in [0.15, 0.2) is 54.6 Å². The lowest BCUT2D eigenvalue weighted by Gasteiger charge is -2.58. The van der Waals surface area contributed by atoms with Crippen LogP contribution in [0.2, 0.25) is 0 Å². The first-order valence-electron chi connectivity index (χ1n) is 11.4. The number of benzene rings is 2. The molecule has 1 aliphatic carbocycles. The monoisotopic (exact) mass is 480 g/mol. The highest BCUT2D eigenvalue weighted by Gasteiger charge is 2.53. The molecule has 1 heterocycles. The third-order valence-corrected chi connectivity index (χ3v) is 7.62. The summed E-state index contributed by atoms with van der Waals surface area (Å²) in [5, 5.41) is 22.0. The molecule has 0 spiro atoms. The molecule has 178 valence electrons. The Hall–Kier alpha value is -1.30. The van der Waals surface area contributed by atoms with Crippen molar-refractivity contribution in [2.45, 2.75) is 68.7 Å². The summed E-state index contributed by atoms with van der Waals surface area (Å²) in [6.45, 7) is 3.11. The predicted octanol–water partition coefficient (Wildman–Crippen LogP) is 5.31. The van der Waals surface area contributed by atoms with E-state index in [4.69, 9.17) is 0 Å². The zero-order valence-electron chi connectivity index (χ0n) is 19.4. The number of hydrogen-bond donors (Lipinski definition) is 2. The van der Waals surface area contributed by atoms with Gasteiger partial charge >= 0.3 is 0 Å². The van der Waals surface area contributed by atoms with Crippen molar-refractivity contribution in [3.05, 3.63) is 65.7 Å².